The van der Waals surface area contributed by atoms with Crippen molar-refractivity contribution in [2.75, 3.05) is 32.9 Å². The zero-order chi connectivity index (χ0) is 20.7. The van der Waals surface area contributed by atoms with Crippen molar-refractivity contribution in [3.63, 3.8) is 0 Å². The van der Waals surface area contributed by atoms with Gasteiger partial charge < -0.3 is 14.2 Å². The van der Waals surface area contributed by atoms with Gasteiger partial charge in [-0.05, 0) is 42.3 Å². The SMILES string of the molecule is Cc1cccc(OCCC(=O)OCc2cccc(S(=O)(=O)N3CCOCC3)c2)c1. The van der Waals surface area contributed by atoms with E-state index < -0.39 is 16.0 Å². The fraction of sp³-hybridized carbons (Fsp3) is 0.381. The van der Waals surface area contributed by atoms with Gasteiger partial charge in [0.2, 0.25) is 10.0 Å². The number of hydrogen-bond donors (Lipinski definition) is 0. The Kier molecular flexibility index (Phi) is 7.24. The summed E-state index contributed by atoms with van der Waals surface area (Å²) in [6.45, 7) is 3.64. The molecule has 0 bridgehead atoms. The largest absolute Gasteiger partial charge is 0.493 e. The Morgan fingerprint density at radius 3 is 2.62 bits per heavy atom. The maximum absolute atomic E-state index is 12.7. The number of carbonyl (C=O) groups is 1. The van der Waals surface area contributed by atoms with E-state index in [1.165, 1.54) is 4.31 Å². The highest BCUT2D eigenvalue weighted by Gasteiger charge is 2.26. The van der Waals surface area contributed by atoms with Gasteiger partial charge in [-0.15, -0.1) is 0 Å². The lowest BCUT2D eigenvalue weighted by atomic mass is 10.2. The fourth-order valence-corrected chi connectivity index (χ4v) is 4.40. The topological polar surface area (TPSA) is 82.1 Å². The van der Waals surface area contributed by atoms with Gasteiger partial charge >= 0.3 is 5.97 Å². The first-order chi connectivity index (χ1) is 13.9. The minimum Gasteiger partial charge on any atom is -0.493 e. The first kappa shape index (κ1) is 21.3. The molecule has 3 rings (SSSR count). The number of nitrogens with zero attached hydrogens (tertiary/aromatic N) is 1. The van der Waals surface area contributed by atoms with Gasteiger partial charge in [0.1, 0.15) is 12.4 Å². The van der Waals surface area contributed by atoms with Crippen molar-refractivity contribution < 1.29 is 27.4 Å². The summed E-state index contributed by atoms with van der Waals surface area (Å²) in [6, 6.07) is 14.1. The van der Waals surface area contributed by atoms with Gasteiger partial charge in [-0.3, -0.25) is 4.79 Å². The average molecular weight is 419 g/mol. The Bertz CT molecular complexity index is 938. The van der Waals surface area contributed by atoms with Crippen molar-refractivity contribution in [1.82, 2.24) is 4.31 Å². The predicted molar refractivity (Wildman–Crippen MR) is 107 cm³/mol. The lowest BCUT2D eigenvalue weighted by Gasteiger charge is -2.26. The van der Waals surface area contributed by atoms with Crippen LogP contribution in [0.4, 0.5) is 0 Å². The summed E-state index contributed by atoms with van der Waals surface area (Å²) in [5.41, 5.74) is 1.70. The molecule has 0 aliphatic carbocycles. The van der Waals surface area contributed by atoms with E-state index in [0.29, 0.717) is 37.6 Å². The molecule has 1 fully saturated rings. The molecule has 1 saturated heterocycles. The van der Waals surface area contributed by atoms with Crippen LogP contribution in [0.3, 0.4) is 0 Å². The molecule has 1 aliphatic heterocycles. The van der Waals surface area contributed by atoms with Crippen LogP contribution in [0.5, 0.6) is 5.75 Å². The number of ether oxygens (including phenoxy) is 3. The van der Waals surface area contributed by atoms with Crippen molar-refractivity contribution in [3.8, 4) is 5.75 Å². The molecule has 0 N–H and O–H groups in total. The highest BCUT2D eigenvalue weighted by molar-refractivity contribution is 7.89. The van der Waals surface area contributed by atoms with Crippen molar-refractivity contribution >= 4 is 16.0 Å². The maximum atomic E-state index is 12.7. The van der Waals surface area contributed by atoms with E-state index in [0.717, 1.165) is 5.56 Å². The Labute approximate surface area is 171 Å². The standard InChI is InChI=1S/C21H25NO6S/c1-17-4-2-6-19(14-17)27-11-8-21(23)28-16-18-5-3-7-20(15-18)29(24,25)22-9-12-26-13-10-22/h2-7,14-15H,8-13,16H2,1H3. The van der Waals surface area contributed by atoms with Crippen LogP contribution >= 0.6 is 0 Å². The monoisotopic (exact) mass is 419 g/mol. The number of benzene rings is 2. The van der Waals surface area contributed by atoms with Gasteiger partial charge in [0.25, 0.3) is 0 Å². The summed E-state index contributed by atoms with van der Waals surface area (Å²) in [6.07, 6.45) is 0.111. The van der Waals surface area contributed by atoms with Gasteiger partial charge in [-0.25, -0.2) is 8.42 Å². The average Bonchev–Trinajstić information content (AvgIpc) is 2.73. The minimum atomic E-state index is -3.58. The molecule has 2 aromatic rings. The summed E-state index contributed by atoms with van der Waals surface area (Å²) < 4.78 is 42.9. The second kappa shape index (κ2) is 9.87. The van der Waals surface area contributed by atoms with Crippen LogP contribution < -0.4 is 4.74 Å². The third kappa shape index (κ3) is 6.03. The Morgan fingerprint density at radius 1 is 1.10 bits per heavy atom. The molecule has 0 radical (unpaired) electrons. The molecule has 0 unspecified atom stereocenters. The summed E-state index contributed by atoms with van der Waals surface area (Å²) >= 11 is 0. The quantitative estimate of drug-likeness (QED) is 0.612. The molecule has 2 aromatic carbocycles. The smallest absolute Gasteiger partial charge is 0.309 e. The molecule has 0 aromatic heterocycles. The van der Waals surface area contributed by atoms with E-state index in [-0.39, 0.29) is 24.5 Å². The first-order valence-corrected chi connectivity index (χ1v) is 10.9. The minimum absolute atomic E-state index is 0.00967. The summed E-state index contributed by atoms with van der Waals surface area (Å²) in [4.78, 5) is 12.2. The van der Waals surface area contributed by atoms with Crippen LogP contribution in [-0.2, 0) is 30.9 Å². The van der Waals surface area contributed by atoms with Crippen molar-refractivity contribution in [1.29, 1.82) is 0 Å². The molecule has 1 heterocycles. The molecule has 0 amide bonds. The molecule has 156 valence electrons. The normalized spacial score (nSPS) is 15.1. The van der Waals surface area contributed by atoms with Gasteiger partial charge in [-0.2, -0.15) is 4.31 Å². The van der Waals surface area contributed by atoms with Crippen molar-refractivity contribution in [3.05, 3.63) is 59.7 Å². The van der Waals surface area contributed by atoms with Crippen LogP contribution in [0.25, 0.3) is 0 Å². The predicted octanol–water partition coefficient (Wildman–Crippen LogP) is 2.53. The van der Waals surface area contributed by atoms with E-state index in [2.05, 4.69) is 0 Å². The maximum Gasteiger partial charge on any atom is 0.309 e. The number of sulfonamides is 1. The molecule has 0 saturated carbocycles. The second-order valence-electron chi connectivity index (χ2n) is 6.74. The van der Waals surface area contributed by atoms with Gasteiger partial charge in [-0.1, -0.05) is 24.3 Å². The van der Waals surface area contributed by atoms with E-state index in [1.54, 1.807) is 24.3 Å². The van der Waals surface area contributed by atoms with E-state index in [4.69, 9.17) is 14.2 Å². The van der Waals surface area contributed by atoms with Crippen LogP contribution in [0, 0.1) is 6.92 Å². The number of hydrogen-bond acceptors (Lipinski definition) is 6. The zero-order valence-corrected chi connectivity index (χ0v) is 17.2. The third-order valence-electron chi connectivity index (χ3n) is 4.47. The van der Waals surface area contributed by atoms with Crippen molar-refractivity contribution in [2.24, 2.45) is 0 Å². The van der Waals surface area contributed by atoms with Crippen molar-refractivity contribution in [2.45, 2.75) is 24.8 Å². The van der Waals surface area contributed by atoms with Gasteiger partial charge in [0.15, 0.2) is 0 Å². The molecule has 0 atom stereocenters. The lowest BCUT2D eigenvalue weighted by Crippen LogP contribution is -2.40. The summed E-state index contributed by atoms with van der Waals surface area (Å²) in [5, 5.41) is 0. The molecular formula is C21H25NO6S. The second-order valence-corrected chi connectivity index (χ2v) is 8.68. The number of aryl methyl sites for hydroxylation is 1. The number of carbonyl (C=O) groups excluding carboxylic acids is 1. The molecule has 1 aliphatic rings. The molecule has 8 heteroatoms. The van der Waals surface area contributed by atoms with E-state index in [1.807, 2.05) is 31.2 Å². The van der Waals surface area contributed by atoms with Crippen LogP contribution in [0.1, 0.15) is 17.5 Å². The van der Waals surface area contributed by atoms with Crippen LogP contribution in [0.15, 0.2) is 53.4 Å². The number of esters is 1. The highest BCUT2D eigenvalue weighted by Crippen LogP contribution is 2.19. The van der Waals surface area contributed by atoms with Crippen LogP contribution in [0.2, 0.25) is 0 Å². The Hall–Kier alpha value is -2.42. The Morgan fingerprint density at radius 2 is 1.86 bits per heavy atom. The Balaban J connectivity index is 1.50. The number of rotatable bonds is 8. The van der Waals surface area contributed by atoms with E-state index >= 15 is 0 Å². The lowest BCUT2D eigenvalue weighted by molar-refractivity contribution is -0.145. The number of morpholine rings is 1. The summed E-state index contributed by atoms with van der Waals surface area (Å²) in [7, 11) is -3.58. The van der Waals surface area contributed by atoms with Gasteiger partial charge in [0.05, 0.1) is 31.1 Å². The molecule has 29 heavy (non-hydrogen) atoms. The third-order valence-corrected chi connectivity index (χ3v) is 6.37. The fourth-order valence-electron chi connectivity index (χ4n) is 2.93. The van der Waals surface area contributed by atoms with E-state index in [9.17, 15) is 13.2 Å². The molecular weight excluding hydrogens is 394 g/mol. The highest BCUT2D eigenvalue weighted by atomic mass is 32.2. The molecule has 0 spiro atoms. The van der Waals surface area contributed by atoms with Gasteiger partial charge in [0, 0.05) is 13.1 Å². The molecule has 7 nitrogen and oxygen atoms in total. The first-order valence-electron chi connectivity index (χ1n) is 9.47. The van der Waals surface area contributed by atoms with Crippen LogP contribution in [-0.4, -0.2) is 51.6 Å². The summed E-state index contributed by atoms with van der Waals surface area (Å²) in [5.74, 6) is 0.304. The zero-order valence-electron chi connectivity index (χ0n) is 16.4.